The highest BCUT2D eigenvalue weighted by molar-refractivity contribution is 8.23. The Labute approximate surface area is 147 Å². The van der Waals surface area contributed by atoms with Gasteiger partial charge in [-0.25, -0.2) is 4.79 Å². The maximum absolute atomic E-state index is 12.5. The number of imide groups is 1. The molecule has 0 aliphatic heterocycles. The van der Waals surface area contributed by atoms with Crippen LogP contribution in [0.1, 0.15) is 31.6 Å². The van der Waals surface area contributed by atoms with Crippen LogP contribution in [0.5, 0.6) is 0 Å². The summed E-state index contributed by atoms with van der Waals surface area (Å²) in [4.78, 5) is 26.1. The molecule has 0 unspecified atom stereocenters. The van der Waals surface area contributed by atoms with Gasteiger partial charge in [0.2, 0.25) is 5.91 Å². The fourth-order valence-corrected chi connectivity index (χ4v) is 3.56. The van der Waals surface area contributed by atoms with Gasteiger partial charge in [0.25, 0.3) is 0 Å². The van der Waals surface area contributed by atoms with Crippen LogP contribution >= 0.6 is 24.0 Å². The van der Waals surface area contributed by atoms with Crippen LogP contribution in [0.2, 0.25) is 0 Å². The maximum atomic E-state index is 12.5. The molecule has 0 aromatic heterocycles. The average molecular weight is 354 g/mol. The van der Waals surface area contributed by atoms with Crippen molar-refractivity contribution in [2.45, 2.75) is 26.0 Å². The Morgan fingerprint density at radius 3 is 2.30 bits per heavy atom. The van der Waals surface area contributed by atoms with E-state index in [4.69, 9.17) is 12.2 Å². The molecule has 0 spiro atoms. The van der Waals surface area contributed by atoms with Gasteiger partial charge in [0.15, 0.2) is 0 Å². The van der Waals surface area contributed by atoms with Crippen LogP contribution in [0.4, 0.5) is 4.79 Å². The Morgan fingerprint density at radius 1 is 1.17 bits per heavy atom. The number of thioether (sulfide) groups is 1. The highest BCUT2D eigenvalue weighted by Crippen LogP contribution is 2.31. The highest BCUT2D eigenvalue weighted by atomic mass is 32.2. The molecular formula is C16H23N3O2S2. The molecular weight excluding hydrogens is 330 g/mol. The molecule has 0 radical (unpaired) electrons. The summed E-state index contributed by atoms with van der Waals surface area (Å²) in [5.41, 5.74) is 0.814. The molecule has 1 rings (SSSR count). The molecule has 23 heavy (non-hydrogen) atoms. The van der Waals surface area contributed by atoms with E-state index < -0.39 is 11.3 Å². The highest BCUT2D eigenvalue weighted by Gasteiger charge is 2.25. The minimum Gasteiger partial charge on any atom is -0.358 e. The molecule has 126 valence electrons. The topological polar surface area (TPSA) is 61.4 Å². The number of nitrogens with zero attached hydrogens (tertiary/aromatic N) is 1. The number of carbonyl (C=O) groups excluding carboxylic acids is 2. The minimum absolute atomic E-state index is 0.373. The summed E-state index contributed by atoms with van der Waals surface area (Å²) in [5, 5.41) is 4.37. The standard InChI is InChI=1S/C16H23N3O2S2/c1-4-17-15(21)18-14(20)13(12-10-8-7-9-11-12)23-16(22)19(5-2)6-3/h7-11,13H,4-6H2,1-3H3,(H2,17,18,20,21)/t13-/m0/s1. The van der Waals surface area contributed by atoms with Crippen molar-refractivity contribution in [1.82, 2.24) is 15.5 Å². The lowest BCUT2D eigenvalue weighted by molar-refractivity contribution is -0.119. The molecule has 7 heteroatoms. The minimum atomic E-state index is -0.563. The Kier molecular flexibility index (Phi) is 8.65. The molecule has 0 saturated heterocycles. The fourth-order valence-electron chi connectivity index (χ4n) is 1.94. The molecule has 0 aliphatic carbocycles. The first-order chi connectivity index (χ1) is 11.0. The number of benzene rings is 1. The number of amides is 3. The van der Waals surface area contributed by atoms with E-state index in [1.807, 2.05) is 49.1 Å². The molecule has 1 atom stereocenters. The van der Waals surface area contributed by atoms with Crippen molar-refractivity contribution >= 4 is 40.2 Å². The molecule has 0 aliphatic rings. The second-order valence-corrected chi connectivity index (χ2v) is 6.43. The zero-order chi connectivity index (χ0) is 17.2. The predicted octanol–water partition coefficient (Wildman–Crippen LogP) is 2.93. The molecule has 0 saturated carbocycles. The number of thiocarbonyl (C=S) groups is 1. The van der Waals surface area contributed by atoms with Crippen molar-refractivity contribution in [3.8, 4) is 0 Å². The van der Waals surface area contributed by atoms with E-state index in [-0.39, 0.29) is 5.91 Å². The zero-order valence-corrected chi connectivity index (χ0v) is 15.3. The predicted molar refractivity (Wildman–Crippen MR) is 99.5 cm³/mol. The quantitative estimate of drug-likeness (QED) is 0.770. The summed E-state index contributed by atoms with van der Waals surface area (Å²) < 4.78 is 0.648. The summed E-state index contributed by atoms with van der Waals surface area (Å²) in [6, 6.07) is 8.84. The molecule has 5 nitrogen and oxygen atoms in total. The maximum Gasteiger partial charge on any atom is 0.321 e. The van der Waals surface area contributed by atoms with E-state index >= 15 is 0 Å². The van der Waals surface area contributed by atoms with Crippen molar-refractivity contribution in [3.05, 3.63) is 35.9 Å². The number of rotatable bonds is 6. The van der Waals surface area contributed by atoms with Gasteiger partial charge in [-0.05, 0) is 26.3 Å². The second kappa shape index (κ2) is 10.2. The van der Waals surface area contributed by atoms with Crippen LogP contribution in [0, 0.1) is 0 Å². The van der Waals surface area contributed by atoms with Gasteiger partial charge in [-0.2, -0.15) is 0 Å². The summed E-state index contributed by atoms with van der Waals surface area (Å²) >= 11 is 6.73. The first-order valence-corrected chi connectivity index (χ1v) is 8.91. The Bertz CT molecular complexity index is 533. The molecule has 1 aromatic rings. The molecule has 0 heterocycles. The Morgan fingerprint density at radius 2 is 1.78 bits per heavy atom. The fraction of sp³-hybridized carbons (Fsp3) is 0.438. The van der Waals surface area contributed by atoms with Gasteiger partial charge in [0.1, 0.15) is 9.57 Å². The van der Waals surface area contributed by atoms with Crippen molar-refractivity contribution in [2.75, 3.05) is 19.6 Å². The number of hydrogen-bond donors (Lipinski definition) is 2. The van der Waals surface area contributed by atoms with E-state index in [1.165, 1.54) is 11.8 Å². The van der Waals surface area contributed by atoms with E-state index in [9.17, 15) is 9.59 Å². The van der Waals surface area contributed by atoms with Crippen LogP contribution in [0.15, 0.2) is 30.3 Å². The van der Waals surface area contributed by atoms with E-state index in [0.29, 0.717) is 10.9 Å². The SMILES string of the molecule is CCNC(=O)NC(=O)[C@@H](SC(=S)N(CC)CC)c1ccccc1. The molecule has 0 bridgehead atoms. The lowest BCUT2D eigenvalue weighted by Gasteiger charge is -2.24. The molecule has 2 N–H and O–H groups in total. The van der Waals surface area contributed by atoms with Gasteiger partial charge < -0.3 is 10.2 Å². The van der Waals surface area contributed by atoms with Crippen LogP contribution in [0.3, 0.4) is 0 Å². The van der Waals surface area contributed by atoms with Crippen LogP contribution in [-0.4, -0.2) is 40.8 Å². The second-order valence-electron chi connectivity index (χ2n) is 4.70. The van der Waals surface area contributed by atoms with E-state index in [1.54, 1.807) is 6.92 Å². The average Bonchev–Trinajstić information content (AvgIpc) is 2.54. The summed E-state index contributed by atoms with van der Waals surface area (Å²) in [6.07, 6.45) is 0. The van der Waals surface area contributed by atoms with Gasteiger partial charge in [0, 0.05) is 19.6 Å². The van der Waals surface area contributed by atoms with Gasteiger partial charge in [-0.1, -0.05) is 54.3 Å². The van der Waals surface area contributed by atoms with Crippen molar-refractivity contribution < 1.29 is 9.59 Å². The monoisotopic (exact) mass is 353 g/mol. The molecule has 1 aromatic carbocycles. The van der Waals surface area contributed by atoms with Crippen LogP contribution in [-0.2, 0) is 4.79 Å². The third-order valence-electron chi connectivity index (χ3n) is 3.15. The molecule has 0 fully saturated rings. The summed E-state index contributed by atoms with van der Waals surface area (Å²) in [5.74, 6) is -0.373. The zero-order valence-electron chi connectivity index (χ0n) is 13.7. The van der Waals surface area contributed by atoms with Crippen molar-refractivity contribution in [1.29, 1.82) is 0 Å². The Balaban J connectivity index is 2.92. The lowest BCUT2D eigenvalue weighted by atomic mass is 10.1. The summed E-state index contributed by atoms with van der Waals surface area (Å²) in [6.45, 7) is 7.85. The lowest BCUT2D eigenvalue weighted by Crippen LogP contribution is -2.41. The molecule has 3 amide bonds. The van der Waals surface area contributed by atoms with Crippen molar-refractivity contribution in [2.24, 2.45) is 0 Å². The van der Waals surface area contributed by atoms with E-state index in [0.717, 1.165) is 18.7 Å². The largest absolute Gasteiger partial charge is 0.358 e. The number of hydrogen-bond acceptors (Lipinski definition) is 4. The first kappa shape index (κ1) is 19.4. The van der Waals surface area contributed by atoms with Gasteiger partial charge >= 0.3 is 6.03 Å². The first-order valence-electron chi connectivity index (χ1n) is 7.62. The number of nitrogens with one attached hydrogen (secondary N) is 2. The van der Waals surface area contributed by atoms with Crippen molar-refractivity contribution in [3.63, 3.8) is 0 Å². The Hall–Kier alpha value is -1.60. The summed E-state index contributed by atoms with van der Waals surface area (Å²) in [7, 11) is 0. The normalized spacial score (nSPS) is 11.4. The smallest absolute Gasteiger partial charge is 0.321 e. The van der Waals surface area contributed by atoms with Gasteiger partial charge in [-0.3, -0.25) is 10.1 Å². The van der Waals surface area contributed by atoms with Crippen LogP contribution < -0.4 is 10.6 Å². The van der Waals surface area contributed by atoms with Gasteiger partial charge in [-0.15, -0.1) is 0 Å². The number of urea groups is 1. The third-order valence-corrected chi connectivity index (χ3v) is 4.88. The van der Waals surface area contributed by atoms with Crippen LogP contribution in [0.25, 0.3) is 0 Å². The number of carbonyl (C=O) groups is 2. The third kappa shape index (κ3) is 6.19. The van der Waals surface area contributed by atoms with E-state index in [2.05, 4.69) is 10.6 Å². The van der Waals surface area contributed by atoms with Gasteiger partial charge in [0.05, 0.1) is 0 Å².